The zero-order valence-electron chi connectivity index (χ0n) is 18.5. The Morgan fingerprint density at radius 3 is 2.73 bits per heavy atom. The minimum Gasteiger partial charge on any atom is -0.496 e. The molecule has 0 spiro atoms. The molecule has 1 saturated heterocycles. The van der Waals surface area contributed by atoms with Crippen LogP contribution in [0.1, 0.15) is 39.5 Å². The summed E-state index contributed by atoms with van der Waals surface area (Å²) in [4.78, 5) is 32.3. The molecule has 2 aliphatic rings. The van der Waals surface area contributed by atoms with Gasteiger partial charge in [-0.15, -0.1) is 0 Å². The fraction of sp³-hybridized carbons (Fsp3) is 0.391. The summed E-state index contributed by atoms with van der Waals surface area (Å²) < 4.78 is 8.91. The molecular weight excluding hydrogens is 444 g/mol. The molecule has 0 bridgehead atoms. The molecule has 5 rings (SSSR count). The summed E-state index contributed by atoms with van der Waals surface area (Å²) in [5.41, 5.74) is 2.13. The number of hydrogen-bond donors (Lipinski definition) is 1. The second-order valence-corrected chi connectivity index (χ2v) is 8.72. The summed E-state index contributed by atoms with van der Waals surface area (Å²) in [6.45, 7) is 2.07. The van der Waals surface area contributed by atoms with Gasteiger partial charge in [-0.05, 0) is 25.0 Å². The highest BCUT2D eigenvalue weighted by molar-refractivity contribution is 6.32. The van der Waals surface area contributed by atoms with Crippen molar-refractivity contribution in [2.45, 2.75) is 31.8 Å². The predicted molar refractivity (Wildman–Crippen MR) is 123 cm³/mol. The summed E-state index contributed by atoms with van der Waals surface area (Å²) in [6, 6.07) is 7.49. The van der Waals surface area contributed by atoms with E-state index >= 15 is 0 Å². The van der Waals surface area contributed by atoms with Gasteiger partial charge in [0.1, 0.15) is 28.1 Å². The van der Waals surface area contributed by atoms with Crippen molar-refractivity contribution in [3.05, 3.63) is 52.7 Å². The normalized spacial score (nSPS) is 17.3. The topological polar surface area (TPSA) is 94.3 Å². The fourth-order valence-electron chi connectivity index (χ4n) is 4.41. The van der Waals surface area contributed by atoms with Crippen LogP contribution in [0, 0.1) is 0 Å². The lowest BCUT2D eigenvalue weighted by molar-refractivity contribution is 0.0646. The summed E-state index contributed by atoms with van der Waals surface area (Å²) >= 11 is 6.67. The van der Waals surface area contributed by atoms with Crippen LogP contribution >= 0.6 is 11.6 Å². The number of nitrogens with one attached hydrogen (secondary N) is 1. The van der Waals surface area contributed by atoms with E-state index in [9.17, 15) is 9.59 Å². The van der Waals surface area contributed by atoms with Crippen molar-refractivity contribution in [1.82, 2.24) is 29.5 Å². The van der Waals surface area contributed by atoms with E-state index in [4.69, 9.17) is 21.3 Å². The maximum Gasteiger partial charge on any atom is 0.270 e. The number of likely N-dealkylation sites (tertiary alicyclic amines) is 1. The van der Waals surface area contributed by atoms with E-state index in [1.807, 2.05) is 28.8 Å². The zero-order valence-corrected chi connectivity index (χ0v) is 19.3. The Labute approximate surface area is 196 Å². The van der Waals surface area contributed by atoms with Crippen molar-refractivity contribution in [3.63, 3.8) is 0 Å². The van der Waals surface area contributed by atoms with Gasteiger partial charge in [0.05, 0.1) is 18.9 Å². The lowest BCUT2D eigenvalue weighted by Gasteiger charge is -2.30. The van der Waals surface area contributed by atoms with Crippen LogP contribution in [-0.2, 0) is 20.0 Å². The number of carbonyl (C=O) groups excluding carboxylic acids is 2. The molecule has 1 fully saturated rings. The summed E-state index contributed by atoms with van der Waals surface area (Å²) in [7, 11) is 3.29. The van der Waals surface area contributed by atoms with Crippen LogP contribution in [0.15, 0.2) is 30.5 Å². The molecule has 0 unspecified atom stereocenters. The van der Waals surface area contributed by atoms with Gasteiger partial charge in [-0.2, -0.15) is 5.10 Å². The second-order valence-electron chi connectivity index (χ2n) is 8.36. The maximum atomic E-state index is 13.1. The molecule has 2 amide bonds. The van der Waals surface area contributed by atoms with E-state index in [2.05, 4.69) is 10.4 Å². The second kappa shape index (κ2) is 8.55. The smallest absolute Gasteiger partial charge is 0.270 e. The molecule has 3 aromatic rings. The molecule has 2 aromatic heterocycles. The van der Waals surface area contributed by atoms with Crippen molar-refractivity contribution in [2.24, 2.45) is 7.05 Å². The third kappa shape index (κ3) is 3.76. The number of benzene rings is 1. The zero-order chi connectivity index (χ0) is 23.1. The maximum absolute atomic E-state index is 13.1. The third-order valence-corrected chi connectivity index (χ3v) is 6.72. The lowest BCUT2D eigenvalue weighted by atomic mass is 10.1. The van der Waals surface area contributed by atoms with E-state index in [0.29, 0.717) is 41.5 Å². The average molecular weight is 469 g/mol. The minimum absolute atomic E-state index is 0.129. The number of ether oxygens (including phenoxy) is 1. The third-order valence-electron chi connectivity index (χ3n) is 6.34. The Morgan fingerprint density at radius 2 is 2.00 bits per heavy atom. The van der Waals surface area contributed by atoms with Crippen molar-refractivity contribution in [1.29, 1.82) is 0 Å². The highest BCUT2D eigenvalue weighted by Gasteiger charge is 2.31. The molecule has 1 N–H and O–H groups in total. The Hall–Kier alpha value is -3.33. The van der Waals surface area contributed by atoms with Gasteiger partial charge in [0.2, 0.25) is 0 Å². The van der Waals surface area contributed by atoms with Crippen LogP contribution in [-0.4, -0.2) is 62.3 Å². The average Bonchev–Trinajstić information content (AvgIpc) is 3.32. The van der Waals surface area contributed by atoms with E-state index in [1.54, 1.807) is 19.1 Å². The van der Waals surface area contributed by atoms with Gasteiger partial charge in [0.15, 0.2) is 0 Å². The van der Waals surface area contributed by atoms with Gasteiger partial charge in [0.25, 0.3) is 11.8 Å². The number of fused-ring (bicyclic) bond motifs is 1. The first-order valence-electron chi connectivity index (χ1n) is 11.0. The number of amides is 2. The number of rotatable bonds is 5. The number of aryl methyl sites for hydroxylation is 1. The molecular formula is C23H25ClN6O3. The van der Waals surface area contributed by atoms with Crippen LogP contribution in [0.3, 0.4) is 0 Å². The Balaban J connectivity index is 1.35. The van der Waals surface area contributed by atoms with Crippen LogP contribution in [0.25, 0.3) is 11.3 Å². The molecule has 1 aromatic carbocycles. The molecule has 33 heavy (non-hydrogen) atoms. The van der Waals surface area contributed by atoms with Crippen molar-refractivity contribution >= 4 is 23.4 Å². The molecule has 9 nitrogen and oxygen atoms in total. The van der Waals surface area contributed by atoms with Crippen LogP contribution in [0.5, 0.6) is 5.75 Å². The molecule has 1 atom stereocenters. The van der Waals surface area contributed by atoms with Gasteiger partial charge in [-0.1, -0.05) is 23.7 Å². The van der Waals surface area contributed by atoms with Crippen molar-refractivity contribution < 1.29 is 14.3 Å². The van der Waals surface area contributed by atoms with Gasteiger partial charge < -0.3 is 19.5 Å². The quantitative estimate of drug-likeness (QED) is 0.621. The molecule has 0 saturated carbocycles. The molecule has 0 radical (unpaired) electrons. The standard InChI is InChI=1S/C23H25ClN6O3/c1-28-20(16(13-25-28)23(32)29-9-5-10-29)22(31)26-14-8-11-30-18(12-14)27-19(21(30)24)15-6-3-4-7-17(15)33-2/h3-4,6-7,13-14H,5,8-12H2,1-2H3,(H,26,31)/t14-/m1/s1. The van der Waals surface area contributed by atoms with Crippen LogP contribution in [0.2, 0.25) is 5.15 Å². The van der Waals surface area contributed by atoms with E-state index in [1.165, 1.54) is 10.9 Å². The molecule has 0 aliphatic carbocycles. The minimum atomic E-state index is -0.306. The first-order chi connectivity index (χ1) is 16.0. The number of imidazole rings is 1. The van der Waals surface area contributed by atoms with Gasteiger partial charge in [-0.3, -0.25) is 14.3 Å². The van der Waals surface area contributed by atoms with Gasteiger partial charge in [-0.25, -0.2) is 4.98 Å². The molecule has 10 heteroatoms. The lowest BCUT2D eigenvalue weighted by Crippen LogP contribution is -2.44. The Bertz CT molecular complexity index is 1230. The number of halogens is 1. The fourth-order valence-corrected chi connectivity index (χ4v) is 4.73. The number of nitrogens with zero attached hydrogens (tertiary/aromatic N) is 5. The van der Waals surface area contributed by atoms with Crippen molar-refractivity contribution in [2.75, 3.05) is 20.2 Å². The summed E-state index contributed by atoms with van der Waals surface area (Å²) in [6.07, 6.45) is 3.70. The molecule has 2 aliphatic heterocycles. The first-order valence-corrected chi connectivity index (χ1v) is 11.4. The summed E-state index contributed by atoms with van der Waals surface area (Å²) in [5.74, 6) is 1.06. The monoisotopic (exact) mass is 468 g/mol. The number of para-hydroxylation sites is 1. The first kappa shape index (κ1) is 21.5. The number of aromatic nitrogens is 4. The van der Waals surface area contributed by atoms with Gasteiger partial charge in [0, 0.05) is 44.7 Å². The number of hydrogen-bond acceptors (Lipinski definition) is 5. The van der Waals surface area contributed by atoms with E-state index in [0.717, 1.165) is 30.9 Å². The SMILES string of the molecule is COc1ccccc1-c1nc2n(c1Cl)CC[C@@H](NC(=O)c1c(C(=O)N3CCC3)cnn1C)C2. The highest BCUT2D eigenvalue weighted by Crippen LogP contribution is 2.36. The highest BCUT2D eigenvalue weighted by atomic mass is 35.5. The Kier molecular flexibility index (Phi) is 5.57. The molecule has 172 valence electrons. The largest absolute Gasteiger partial charge is 0.496 e. The van der Waals surface area contributed by atoms with Crippen LogP contribution < -0.4 is 10.1 Å². The molecule has 4 heterocycles. The number of carbonyl (C=O) groups is 2. The predicted octanol–water partition coefficient (Wildman–Crippen LogP) is 2.54. The van der Waals surface area contributed by atoms with E-state index < -0.39 is 0 Å². The van der Waals surface area contributed by atoms with Gasteiger partial charge >= 0.3 is 0 Å². The summed E-state index contributed by atoms with van der Waals surface area (Å²) in [5, 5.41) is 7.79. The van der Waals surface area contributed by atoms with Crippen molar-refractivity contribution in [3.8, 4) is 17.0 Å². The van der Waals surface area contributed by atoms with E-state index in [-0.39, 0.29) is 23.6 Å². The Morgan fingerprint density at radius 1 is 1.21 bits per heavy atom. The van der Waals surface area contributed by atoms with Crippen LogP contribution in [0.4, 0.5) is 0 Å². The number of methoxy groups -OCH3 is 1.